The summed E-state index contributed by atoms with van der Waals surface area (Å²) < 4.78 is 5.53. The van der Waals surface area contributed by atoms with Crippen LogP contribution in [0.4, 0.5) is 5.69 Å². The molecule has 1 atom stereocenters. The smallest absolute Gasteiger partial charge is 0.255 e. The number of carbonyl (C=O) groups excluding carboxylic acids is 2. The predicted octanol–water partition coefficient (Wildman–Crippen LogP) is 3.97. The number of nitrogens with one attached hydrogen (secondary N) is 2. The summed E-state index contributed by atoms with van der Waals surface area (Å²) in [5.74, 6) is -0.0309. The summed E-state index contributed by atoms with van der Waals surface area (Å²) in [7, 11) is 0. The molecule has 2 aromatic carbocycles. The van der Waals surface area contributed by atoms with Gasteiger partial charge < -0.3 is 15.4 Å². The fourth-order valence-corrected chi connectivity index (χ4v) is 3.11. The number of carbonyl (C=O) groups is 2. The summed E-state index contributed by atoms with van der Waals surface area (Å²) in [6, 6.07) is 14.6. The van der Waals surface area contributed by atoms with E-state index in [-0.39, 0.29) is 17.9 Å². The molecule has 0 radical (unpaired) electrons. The van der Waals surface area contributed by atoms with E-state index in [1.165, 1.54) is 5.56 Å². The van der Waals surface area contributed by atoms with Crippen molar-refractivity contribution in [2.45, 2.75) is 38.7 Å². The molecule has 2 aromatic rings. The number of hydrogen-bond acceptors (Lipinski definition) is 3. The van der Waals surface area contributed by atoms with Crippen molar-refractivity contribution < 1.29 is 14.3 Å². The van der Waals surface area contributed by atoms with Crippen molar-refractivity contribution >= 4 is 17.5 Å². The van der Waals surface area contributed by atoms with E-state index in [1.807, 2.05) is 24.3 Å². The number of ether oxygens (including phenoxy) is 1. The van der Waals surface area contributed by atoms with Gasteiger partial charge in [-0.15, -0.1) is 0 Å². The van der Waals surface area contributed by atoms with Crippen LogP contribution in [0, 0.1) is 0 Å². The summed E-state index contributed by atoms with van der Waals surface area (Å²) in [5, 5.41) is 5.75. The van der Waals surface area contributed by atoms with Gasteiger partial charge in [0.05, 0.1) is 17.4 Å². The van der Waals surface area contributed by atoms with Gasteiger partial charge in [-0.1, -0.05) is 38.1 Å². The average molecular weight is 366 g/mol. The Hall–Kier alpha value is -2.66. The number of hydrogen-bond donors (Lipinski definition) is 2. The maximum absolute atomic E-state index is 12.6. The van der Waals surface area contributed by atoms with Gasteiger partial charge in [-0.25, -0.2) is 0 Å². The number of benzene rings is 2. The molecule has 1 fully saturated rings. The van der Waals surface area contributed by atoms with Crippen LogP contribution in [0.3, 0.4) is 0 Å². The number of rotatable bonds is 6. The third-order valence-corrected chi connectivity index (χ3v) is 4.77. The monoisotopic (exact) mass is 366 g/mol. The highest BCUT2D eigenvalue weighted by atomic mass is 16.5. The Balaban J connectivity index is 1.67. The first-order chi connectivity index (χ1) is 13.0. The minimum Gasteiger partial charge on any atom is -0.376 e. The summed E-state index contributed by atoms with van der Waals surface area (Å²) in [6.45, 7) is 5.46. The molecule has 27 heavy (non-hydrogen) atoms. The van der Waals surface area contributed by atoms with Gasteiger partial charge in [0.25, 0.3) is 11.8 Å². The molecule has 5 heteroatoms. The van der Waals surface area contributed by atoms with Gasteiger partial charge in [-0.3, -0.25) is 9.59 Å². The van der Waals surface area contributed by atoms with Crippen molar-refractivity contribution in [1.82, 2.24) is 5.32 Å². The minimum atomic E-state index is -0.232. The lowest BCUT2D eigenvalue weighted by Crippen LogP contribution is -2.32. The van der Waals surface area contributed by atoms with Crippen LogP contribution in [0.5, 0.6) is 0 Å². The Morgan fingerprint density at radius 2 is 1.81 bits per heavy atom. The largest absolute Gasteiger partial charge is 0.376 e. The van der Waals surface area contributed by atoms with E-state index < -0.39 is 0 Å². The average Bonchev–Trinajstić information content (AvgIpc) is 3.20. The van der Waals surface area contributed by atoms with Crippen LogP contribution >= 0.6 is 0 Å². The highest BCUT2D eigenvalue weighted by molar-refractivity contribution is 6.09. The van der Waals surface area contributed by atoms with E-state index >= 15 is 0 Å². The van der Waals surface area contributed by atoms with Crippen LogP contribution in [-0.2, 0) is 4.74 Å². The Bertz CT molecular complexity index is 793. The van der Waals surface area contributed by atoms with Crippen LogP contribution < -0.4 is 10.6 Å². The molecule has 5 nitrogen and oxygen atoms in total. The predicted molar refractivity (Wildman–Crippen MR) is 106 cm³/mol. The van der Waals surface area contributed by atoms with Gasteiger partial charge in [-0.05, 0) is 48.6 Å². The number of anilines is 1. The van der Waals surface area contributed by atoms with E-state index in [9.17, 15) is 9.59 Å². The Morgan fingerprint density at radius 1 is 1.07 bits per heavy atom. The SMILES string of the molecule is CC(C)c1ccc(C(=O)Nc2ccccc2C(=O)NC[C@H]2CCCO2)cc1. The third-order valence-electron chi connectivity index (χ3n) is 4.77. The zero-order chi connectivity index (χ0) is 19.2. The summed E-state index contributed by atoms with van der Waals surface area (Å²) >= 11 is 0. The summed E-state index contributed by atoms with van der Waals surface area (Å²) in [4.78, 5) is 25.1. The van der Waals surface area contributed by atoms with Gasteiger partial charge in [0.15, 0.2) is 0 Å². The second kappa shape index (κ2) is 8.82. The second-order valence-electron chi connectivity index (χ2n) is 7.12. The van der Waals surface area contributed by atoms with Crippen molar-refractivity contribution in [3.63, 3.8) is 0 Å². The maximum atomic E-state index is 12.6. The molecule has 0 bridgehead atoms. The van der Waals surface area contributed by atoms with Gasteiger partial charge in [-0.2, -0.15) is 0 Å². The molecule has 1 aliphatic heterocycles. The second-order valence-corrected chi connectivity index (χ2v) is 7.12. The molecular weight excluding hydrogens is 340 g/mol. The van der Waals surface area contributed by atoms with Crippen LogP contribution in [-0.4, -0.2) is 31.1 Å². The molecule has 1 heterocycles. The molecule has 0 saturated carbocycles. The highest BCUT2D eigenvalue weighted by Crippen LogP contribution is 2.19. The van der Waals surface area contributed by atoms with Gasteiger partial charge >= 0.3 is 0 Å². The molecular formula is C22H26N2O3. The van der Waals surface area contributed by atoms with Crippen LogP contribution in [0.25, 0.3) is 0 Å². The first-order valence-electron chi connectivity index (χ1n) is 9.44. The number of para-hydroxylation sites is 1. The highest BCUT2D eigenvalue weighted by Gasteiger charge is 2.18. The van der Waals surface area contributed by atoms with E-state index in [4.69, 9.17) is 4.74 Å². The Kier molecular flexibility index (Phi) is 6.24. The third kappa shape index (κ3) is 4.95. The van der Waals surface area contributed by atoms with E-state index in [2.05, 4.69) is 24.5 Å². The first kappa shape index (κ1) is 19.1. The normalized spacial score (nSPS) is 16.3. The van der Waals surface area contributed by atoms with Crippen molar-refractivity contribution in [2.75, 3.05) is 18.5 Å². The molecule has 2 N–H and O–H groups in total. The molecule has 1 saturated heterocycles. The minimum absolute atomic E-state index is 0.0789. The van der Waals surface area contributed by atoms with Crippen molar-refractivity contribution in [1.29, 1.82) is 0 Å². The van der Waals surface area contributed by atoms with Gasteiger partial charge in [0.1, 0.15) is 0 Å². The van der Waals surface area contributed by atoms with E-state index in [0.717, 1.165) is 19.4 Å². The standard InChI is InChI=1S/C22H26N2O3/c1-15(2)16-9-11-17(12-10-16)21(25)24-20-8-4-3-7-19(20)22(26)23-14-18-6-5-13-27-18/h3-4,7-12,15,18H,5-6,13-14H2,1-2H3,(H,23,26)(H,24,25)/t18-/m1/s1. The van der Waals surface area contributed by atoms with Crippen molar-refractivity contribution in [2.24, 2.45) is 0 Å². The number of amides is 2. The Morgan fingerprint density at radius 3 is 2.48 bits per heavy atom. The Labute approximate surface area is 160 Å². The fraction of sp³-hybridized carbons (Fsp3) is 0.364. The quantitative estimate of drug-likeness (QED) is 0.813. The molecule has 0 aliphatic carbocycles. The van der Waals surface area contributed by atoms with Crippen molar-refractivity contribution in [3.8, 4) is 0 Å². The maximum Gasteiger partial charge on any atom is 0.255 e. The lowest BCUT2D eigenvalue weighted by molar-refractivity contribution is 0.0858. The zero-order valence-electron chi connectivity index (χ0n) is 15.8. The summed E-state index contributed by atoms with van der Waals surface area (Å²) in [6.07, 6.45) is 2.07. The molecule has 142 valence electrons. The van der Waals surface area contributed by atoms with Gasteiger partial charge in [0.2, 0.25) is 0 Å². The van der Waals surface area contributed by atoms with Crippen molar-refractivity contribution in [3.05, 3.63) is 65.2 Å². The van der Waals surface area contributed by atoms with Gasteiger partial charge in [0, 0.05) is 18.7 Å². The fourth-order valence-electron chi connectivity index (χ4n) is 3.11. The van der Waals surface area contributed by atoms with Crippen LogP contribution in [0.15, 0.2) is 48.5 Å². The molecule has 0 aromatic heterocycles. The summed E-state index contributed by atoms with van der Waals surface area (Å²) in [5.41, 5.74) is 2.69. The molecule has 1 aliphatic rings. The van der Waals surface area contributed by atoms with Crippen LogP contribution in [0.1, 0.15) is 58.9 Å². The van der Waals surface area contributed by atoms with E-state index in [0.29, 0.717) is 29.3 Å². The lowest BCUT2D eigenvalue weighted by Gasteiger charge is -2.14. The van der Waals surface area contributed by atoms with Crippen LogP contribution in [0.2, 0.25) is 0 Å². The molecule has 3 rings (SSSR count). The first-order valence-corrected chi connectivity index (χ1v) is 9.44. The topological polar surface area (TPSA) is 67.4 Å². The molecule has 0 unspecified atom stereocenters. The molecule has 2 amide bonds. The van der Waals surface area contributed by atoms with E-state index in [1.54, 1.807) is 24.3 Å². The zero-order valence-corrected chi connectivity index (χ0v) is 15.8. The lowest BCUT2D eigenvalue weighted by atomic mass is 10.0. The molecule has 0 spiro atoms.